The van der Waals surface area contributed by atoms with E-state index in [1.54, 1.807) is 0 Å². The Labute approximate surface area is 552 Å². The van der Waals surface area contributed by atoms with Crippen molar-refractivity contribution in [3.8, 4) is 44.8 Å². The van der Waals surface area contributed by atoms with E-state index in [4.69, 9.17) is 20.6 Å². The quantitative estimate of drug-likeness (QED) is 0.0746. The second-order valence-electron chi connectivity index (χ2n) is 24.9. The van der Waals surface area contributed by atoms with Crippen LogP contribution in [0.5, 0.6) is 0 Å². The first-order valence-corrected chi connectivity index (χ1v) is 31.5. The van der Waals surface area contributed by atoms with Gasteiger partial charge >= 0.3 is 0 Å². The zero-order valence-electron chi connectivity index (χ0n) is 54.5. The molecular formula is C82H90HfN6-4. The first kappa shape index (κ1) is 67.1. The van der Waals surface area contributed by atoms with Gasteiger partial charge in [0.2, 0.25) is 0 Å². The molecule has 456 valence electrons. The molecule has 4 heterocycles. The average molecular weight is 1340 g/mol. The number of hydrogen-bond donors (Lipinski definition) is 2. The van der Waals surface area contributed by atoms with Crippen LogP contribution in [0.1, 0.15) is 174 Å². The van der Waals surface area contributed by atoms with E-state index >= 15 is 0 Å². The van der Waals surface area contributed by atoms with Crippen molar-refractivity contribution in [1.29, 1.82) is 0 Å². The monoisotopic (exact) mass is 1340 g/mol. The van der Waals surface area contributed by atoms with Crippen molar-refractivity contribution in [3.63, 3.8) is 0 Å². The van der Waals surface area contributed by atoms with Gasteiger partial charge in [-0.2, -0.15) is 0 Å². The number of hydrogen-bond acceptors (Lipinski definition) is 4. The fourth-order valence-corrected chi connectivity index (χ4v) is 12.7. The minimum atomic E-state index is -0.288. The molecule has 0 aliphatic carbocycles. The van der Waals surface area contributed by atoms with E-state index in [1.807, 2.05) is 0 Å². The van der Waals surface area contributed by atoms with Crippen LogP contribution in [-0.4, -0.2) is 22.1 Å². The third-order valence-electron chi connectivity index (χ3n) is 17.3. The molecule has 0 saturated carbocycles. The van der Waals surface area contributed by atoms with Gasteiger partial charge in [-0.1, -0.05) is 280 Å². The summed E-state index contributed by atoms with van der Waals surface area (Å²) in [5.74, 6) is 1.46. The van der Waals surface area contributed by atoms with Crippen LogP contribution in [0.15, 0.2) is 218 Å². The molecule has 2 N–H and O–H groups in total. The zero-order valence-corrected chi connectivity index (χ0v) is 58.1. The average Bonchev–Trinajstić information content (AvgIpc) is 2.14. The molecule has 0 radical (unpaired) electrons. The normalized spacial score (nSPS) is 14.7. The van der Waals surface area contributed by atoms with Gasteiger partial charge in [0.1, 0.15) is 0 Å². The fraction of sp³-hybridized carbons (Fsp3) is 0.268. The Kier molecular flexibility index (Phi) is 23.0. The molecule has 8 aromatic carbocycles. The predicted molar refractivity (Wildman–Crippen MR) is 378 cm³/mol. The van der Waals surface area contributed by atoms with Crippen molar-refractivity contribution in [3.05, 3.63) is 300 Å². The van der Waals surface area contributed by atoms with Gasteiger partial charge in [-0.3, -0.25) is 9.97 Å². The van der Waals surface area contributed by atoms with Crippen molar-refractivity contribution < 1.29 is 25.8 Å². The number of nitrogens with one attached hydrogen (secondary N) is 2. The second-order valence-corrected chi connectivity index (χ2v) is 24.9. The third-order valence-corrected chi connectivity index (χ3v) is 17.3. The molecule has 4 unspecified atom stereocenters. The molecule has 6 nitrogen and oxygen atoms in total. The number of rotatable bonds is 16. The smallest absolute Gasteiger partial charge is 0.0946 e. The van der Waals surface area contributed by atoms with Crippen LogP contribution in [0, 0.1) is 14.9 Å². The standard InChI is InChI=1S/C40H43N3.C40H41N3.2CH3.Hf/c2*1-26(2)31-19-12-20-32(27(3)4)39(31)43-40(34-18-10-9-17-33(34)29-14-7-6-8-15-29)37-23-13-22-36(42-37)35-21-11-16-30-25-24-28(5)41-38(30)35;;;/h6-23,26-28,40-41,43H,24-25H2,1-5H3;6-23,26-28,40H,24-25H2,1-5H3;2*1H3;/q;-2;2*-1;. The van der Waals surface area contributed by atoms with Gasteiger partial charge in [-0.05, 0) is 136 Å². The molecule has 2 aliphatic rings. The van der Waals surface area contributed by atoms with E-state index in [0.29, 0.717) is 35.8 Å². The molecular weight excluding hydrogens is 1250 g/mol. The fourth-order valence-electron chi connectivity index (χ4n) is 12.7. The molecule has 0 amide bonds. The summed E-state index contributed by atoms with van der Waals surface area (Å²) in [4.78, 5) is 10.8. The number of fused-ring (bicyclic) bond motifs is 2. The summed E-state index contributed by atoms with van der Waals surface area (Å²) >= 11 is 0. The molecule has 0 saturated heterocycles. The van der Waals surface area contributed by atoms with Gasteiger partial charge in [-0.15, -0.1) is 17.4 Å². The number of anilines is 2. The first-order chi connectivity index (χ1) is 41.8. The van der Waals surface area contributed by atoms with Crippen molar-refractivity contribution in [1.82, 2.24) is 9.97 Å². The van der Waals surface area contributed by atoms with Gasteiger partial charge in [-0.25, -0.2) is 0 Å². The van der Waals surface area contributed by atoms with Gasteiger partial charge in [0, 0.05) is 54.5 Å². The number of benzene rings is 8. The minimum absolute atomic E-state index is 0. The first-order valence-electron chi connectivity index (χ1n) is 31.5. The van der Waals surface area contributed by atoms with Crippen LogP contribution >= 0.6 is 0 Å². The van der Waals surface area contributed by atoms with E-state index in [0.717, 1.165) is 71.0 Å². The van der Waals surface area contributed by atoms with Crippen molar-refractivity contribution in [2.45, 2.75) is 143 Å². The molecule has 0 bridgehead atoms. The topological polar surface area (TPSA) is 78.0 Å². The van der Waals surface area contributed by atoms with E-state index in [2.05, 4.69) is 298 Å². The molecule has 7 heteroatoms. The van der Waals surface area contributed by atoms with Crippen molar-refractivity contribution in [2.24, 2.45) is 0 Å². The summed E-state index contributed by atoms with van der Waals surface area (Å²) in [6.07, 6.45) is 4.39. The number of para-hydroxylation sites is 4. The maximum atomic E-state index is 5.68. The van der Waals surface area contributed by atoms with E-state index in [-0.39, 0.29) is 52.8 Å². The second kappa shape index (κ2) is 30.6. The van der Waals surface area contributed by atoms with Gasteiger partial charge in [0.25, 0.3) is 0 Å². The Morgan fingerprint density at radius 2 is 0.876 bits per heavy atom. The molecule has 0 spiro atoms. The maximum Gasteiger partial charge on any atom is 0.0946 e. The van der Waals surface area contributed by atoms with Crippen molar-refractivity contribution >= 4 is 22.7 Å². The SMILES string of the molecule is CC1CCc2cccc(-c3cccc(C(Nc4c(C(C)C)cccc4C(C)C)c4ccccc4-c4ccccc4)n3)c2N1.CC1CCc2cccc(-c3cccc(C([N-]c4c(C(C)C)cccc4C(C)C)c4ccccc4-c4ccccc4)n3)c2[N-]1.[CH3-].[CH3-].[Hf]. The van der Waals surface area contributed by atoms with E-state index in [1.165, 1.54) is 78.1 Å². The maximum absolute atomic E-state index is 5.68. The summed E-state index contributed by atoms with van der Waals surface area (Å²) in [5, 5.41) is 18.6. The van der Waals surface area contributed by atoms with E-state index < -0.39 is 0 Å². The molecule has 12 rings (SSSR count). The van der Waals surface area contributed by atoms with Crippen molar-refractivity contribution in [2.75, 3.05) is 10.6 Å². The predicted octanol–water partition coefficient (Wildman–Crippen LogP) is 23.3. The molecule has 10 aromatic rings. The van der Waals surface area contributed by atoms with Gasteiger partial charge in [0.05, 0.1) is 23.1 Å². The van der Waals surface area contributed by atoms with Crippen LogP contribution < -0.4 is 10.6 Å². The molecule has 2 aliphatic heterocycles. The van der Waals surface area contributed by atoms with Gasteiger partial charge in [0.15, 0.2) is 0 Å². The Balaban J connectivity index is 0.000000223. The Bertz CT molecular complexity index is 3620. The Hall–Kier alpha value is -7.87. The summed E-state index contributed by atoms with van der Waals surface area (Å²) in [7, 11) is 0. The van der Waals surface area contributed by atoms with Crippen LogP contribution in [-0.2, 0) is 38.7 Å². The van der Waals surface area contributed by atoms with Crippen LogP contribution in [0.4, 0.5) is 22.7 Å². The zero-order chi connectivity index (χ0) is 59.8. The third kappa shape index (κ3) is 15.1. The largest absolute Gasteiger partial charge is 0.681 e. The molecule has 4 atom stereocenters. The molecule has 2 aromatic heterocycles. The van der Waals surface area contributed by atoms with Gasteiger partial charge < -0.3 is 36.1 Å². The number of nitrogens with zero attached hydrogens (tertiary/aromatic N) is 4. The molecule has 0 fully saturated rings. The summed E-state index contributed by atoms with van der Waals surface area (Å²) < 4.78 is 0. The Morgan fingerprint density at radius 1 is 0.438 bits per heavy atom. The number of aromatic nitrogens is 2. The van der Waals surface area contributed by atoms with Crippen LogP contribution in [0.2, 0.25) is 0 Å². The number of aryl methyl sites for hydroxylation is 2. The summed E-state index contributed by atoms with van der Waals surface area (Å²) in [6, 6.07) is 78.6. The van der Waals surface area contributed by atoms with E-state index in [9.17, 15) is 0 Å². The molecule has 89 heavy (non-hydrogen) atoms. The number of pyridine rings is 2. The summed E-state index contributed by atoms with van der Waals surface area (Å²) in [6.45, 7) is 22.6. The minimum Gasteiger partial charge on any atom is -0.681 e. The van der Waals surface area contributed by atoms with Crippen LogP contribution in [0.3, 0.4) is 0 Å². The Morgan fingerprint density at radius 3 is 1.47 bits per heavy atom. The summed E-state index contributed by atoms with van der Waals surface area (Å²) in [5.41, 5.74) is 25.9. The van der Waals surface area contributed by atoms with Crippen LogP contribution in [0.25, 0.3) is 55.4 Å².